The Bertz CT molecular complexity index is 562. The Labute approximate surface area is 111 Å². The van der Waals surface area contributed by atoms with Crippen LogP contribution in [0.4, 0.5) is 11.8 Å². The second kappa shape index (κ2) is 5.00. The quantitative estimate of drug-likeness (QED) is 0.859. The van der Waals surface area contributed by atoms with Crippen LogP contribution in [0.15, 0.2) is 6.33 Å². The van der Waals surface area contributed by atoms with Gasteiger partial charge in [0.15, 0.2) is 11.5 Å². The highest BCUT2D eigenvalue weighted by molar-refractivity contribution is 5.84. The minimum Gasteiger partial charge on any atom is -0.381 e. The van der Waals surface area contributed by atoms with Gasteiger partial charge in [-0.1, -0.05) is 0 Å². The number of imidazole rings is 1. The molecule has 0 atom stereocenters. The number of hydrogen-bond donors (Lipinski definition) is 2. The molecule has 0 amide bonds. The van der Waals surface area contributed by atoms with E-state index in [1.54, 1.807) is 6.33 Å². The van der Waals surface area contributed by atoms with Crippen molar-refractivity contribution >= 4 is 22.9 Å². The fourth-order valence-corrected chi connectivity index (χ4v) is 2.43. The number of H-pyrrole nitrogens is 1. The molecule has 0 unspecified atom stereocenters. The number of anilines is 2. The van der Waals surface area contributed by atoms with E-state index in [4.69, 9.17) is 4.74 Å². The topological polar surface area (TPSA) is 79.0 Å². The monoisotopic (exact) mass is 262 g/mol. The smallest absolute Gasteiger partial charge is 0.226 e. The summed E-state index contributed by atoms with van der Waals surface area (Å²) in [6, 6.07) is 0.444. The summed E-state index contributed by atoms with van der Waals surface area (Å²) in [5.74, 6) is 1.48. The molecule has 7 nitrogen and oxygen atoms in total. The molecule has 0 bridgehead atoms. The third kappa shape index (κ3) is 2.21. The summed E-state index contributed by atoms with van der Waals surface area (Å²) in [6.45, 7) is 1.62. The van der Waals surface area contributed by atoms with Gasteiger partial charge in [0, 0.05) is 33.4 Å². The Morgan fingerprint density at radius 2 is 2.16 bits per heavy atom. The molecule has 0 spiro atoms. The Morgan fingerprint density at radius 1 is 1.37 bits per heavy atom. The van der Waals surface area contributed by atoms with E-state index in [-0.39, 0.29) is 0 Å². The van der Waals surface area contributed by atoms with Gasteiger partial charge in [0.25, 0.3) is 0 Å². The number of aromatic nitrogens is 4. The maximum Gasteiger partial charge on any atom is 0.226 e. The van der Waals surface area contributed by atoms with Gasteiger partial charge in [0.05, 0.1) is 6.33 Å². The summed E-state index contributed by atoms with van der Waals surface area (Å²) in [4.78, 5) is 18.4. The van der Waals surface area contributed by atoms with Crippen LogP contribution in [-0.2, 0) is 4.74 Å². The molecule has 0 radical (unpaired) electrons. The third-order valence-electron chi connectivity index (χ3n) is 3.56. The van der Waals surface area contributed by atoms with Crippen LogP contribution in [0, 0.1) is 0 Å². The summed E-state index contributed by atoms with van der Waals surface area (Å²) in [7, 11) is 3.88. The zero-order valence-electron chi connectivity index (χ0n) is 11.2. The molecule has 1 fully saturated rings. The molecule has 102 valence electrons. The summed E-state index contributed by atoms with van der Waals surface area (Å²) < 4.78 is 5.41. The summed E-state index contributed by atoms with van der Waals surface area (Å²) in [6.07, 6.45) is 3.69. The van der Waals surface area contributed by atoms with Crippen LogP contribution in [-0.4, -0.2) is 53.3 Å². The lowest BCUT2D eigenvalue weighted by atomic mass is 10.1. The number of hydrogen-bond acceptors (Lipinski definition) is 6. The highest BCUT2D eigenvalue weighted by Gasteiger charge is 2.22. The molecule has 7 heteroatoms. The van der Waals surface area contributed by atoms with E-state index in [0.717, 1.165) is 37.4 Å². The van der Waals surface area contributed by atoms with Gasteiger partial charge < -0.3 is 19.9 Å². The molecule has 3 rings (SSSR count). The van der Waals surface area contributed by atoms with Crippen LogP contribution in [0.2, 0.25) is 0 Å². The van der Waals surface area contributed by atoms with E-state index in [0.29, 0.717) is 17.6 Å². The van der Waals surface area contributed by atoms with E-state index < -0.39 is 0 Å². The van der Waals surface area contributed by atoms with E-state index in [1.807, 2.05) is 7.05 Å². The van der Waals surface area contributed by atoms with Gasteiger partial charge in [-0.3, -0.25) is 0 Å². The first kappa shape index (κ1) is 12.2. The van der Waals surface area contributed by atoms with Crippen LogP contribution in [0.25, 0.3) is 11.2 Å². The highest BCUT2D eigenvalue weighted by Crippen LogP contribution is 2.26. The second-order valence-electron chi connectivity index (χ2n) is 4.68. The van der Waals surface area contributed by atoms with Gasteiger partial charge in [0.2, 0.25) is 5.95 Å². The molecule has 0 aromatic carbocycles. The Hall–Kier alpha value is -1.89. The summed E-state index contributed by atoms with van der Waals surface area (Å²) >= 11 is 0. The lowest BCUT2D eigenvalue weighted by Gasteiger charge is -2.32. The fourth-order valence-electron chi connectivity index (χ4n) is 2.43. The van der Waals surface area contributed by atoms with E-state index in [9.17, 15) is 0 Å². The standard InChI is InChI=1S/C12H18N6O/c1-13-12-16-10-9(14-7-15-10)11(17-12)18(2)8-3-5-19-6-4-8/h7-8H,3-6H2,1-2H3,(H2,13,14,15,16,17). The van der Waals surface area contributed by atoms with Crippen molar-refractivity contribution in [3.05, 3.63) is 6.33 Å². The largest absolute Gasteiger partial charge is 0.381 e. The highest BCUT2D eigenvalue weighted by atomic mass is 16.5. The van der Waals surface area contributed by atoms with Crippen molar-refractivity contribution in [1.29, 1.82) is 0 Å². The van der Waals surface area contributed by atoms with Gasteiger partial charge in [-0.25, -0.2) is 4.98 Å². The van der Waals surface area contributed by atoms with Gasteiger partial charge in [-0.15, -0.1) is 0 Å². The lowest BCUT2D eigenvalue weighted by Crippen LogP contribution is -2.37. The molecule has 0 aliphatic carbocycles. The molecule has 1 saturated heterocycles. The number of nitrogens with one attached hydrogen (secondary N) is 2. The average molecular weight is 262 g/mol. The minimum atomic E-state index is 0.444. The Kier molecular flexibility index (Phi) is 3.20. The van der Waals surface area contributed by atoms with Crippen molar-refractivity contribution in [3.8, 4) is 0 Å². The third-order valence-corrected chi connectivity index (χ3v) is 3.56. The molecular formula is C12H18N6O. The molecule has 2 N–H and O–H groups in total. The van der Waals surface area contributed by atoms with E-state index >= 15 is 0 Å². The normalized spacial score (nSPS) is 16.7. The number of nitrogens with zero attached hydrogens (tertiary/aromatic N) is 4. The number of rotatable bonds is 3. The fraction of sp³-hybridized carbons (Fsp3) is 0.583. The zero-order chi connectivity index (χ0) is 13.2. The van der Waals surface area contributed by atoms with Gasteiger partial charge in [0.1, 0.15) is 5.52 Å². The molecule has 2 aromatic rings. The van der Waals surface area contributed by atoms with Crippen LogP contribution >= 0.6 is 0 Å². The number of ether oxygens (including phenoxy) is 1. The lowest BCUT2D eigenvalue weighted by molar-refractivity contribution is 0.0854. The minimum absolute atomic E-state index is 0.444. The first-order valence-electron chi connectivity index (χ1n) is 6.49. The van der Waals surface area contributed by atoms with Crippen molar-refractivity contribution < 1.29 is 4.74 Å². The van der Waals surface area contributed by atoms with E-state index in [2.05, 4.69) is 37.2 Å². The van der Waals surface area contributed by atoms with Crippen molar-refractivity contribution in [2.45, 2.75) is 18.9 Å². The first-order valence-corrected chi connectivity index (χ1v) is 6.49. The Morgan fingerprint density at radius 3 is 2.89 bits per heavy atom. The van der Waals surface area contributed by atoms with Crippen LogP contribution in [0.1, 0.15) is 12.8 Å². The average Bonchev–Trinajstić information content (AvgIpc) is 2.94. The van der Waals surface area contributed by atoms with Crippen molar-refractivity contribution in [2.24, 2.45) is 0 Å². The molecular weight excluding hydrogens is 244 g/mol. The maximum absolute atomic E-state index is 5.41. The molecule has 3 heterocycles. The summed E-state index contributed by atoms with van der Waals surface area (Å²) in [5.41, 5.74) is 1.57. The molecule has 0 saturated carbocycles. The van der Waals surface area contributed by atoms with Crippen LogP contribution < -0.4 is 10.2 Å². The Balaban J connectivity index is 1.99. The van der Waals surface area contributed by atoms with Crippen molar-refractivity contribution in [2.75, 3.05) is 37.5 Å². The summed E-state index contributed by atoms with van der Waals surface area (Å²) in [5, 5.41) is 2.98. The second-order valence-corrected chi connectivity index (χ2v) is 4.68. The van der Waals surface area contributed by atoms with Gasteiger partial charge in [-0.2, -0.15) is 9.97 Å². The molecule has 1 aliphatic heterocycles. The predicted octanol–water partition coefficient (Wildman–Crippen LogP) is 1.01. The van der Waals surface area contributed by atoms with Crippen molar-refractivity contribution in [1.82, 2.24) is 19.9 Å². The molecule has 1 aliphatic rings. The maximum atomic E-state index is 5.41. The number of aromatic amines is 1. The zero-order valence-corrected chi connectivity index (χ0v) is 11.2. The van der Waals surface area contributed by atoms with E-state index in [1.165, 1.54) is 0 Å². The predicted molar refractivity (Wildman–Crippen MR) is 73.5 cm³/mol. The SMILES string of the molecule is CNc1nc(N(C)C2CCOCC2)c2[nH]cnc2n1. The van der Waals surface area contributed by atoms with Crippen molar-refractivity contribution in [3.63, 3.8) is 0 Å². The van der Waals surface area contributed by atoms with Crippen LogP contribution in [0.5, 0.6) is 0 Å². The van der Waals surface area contributed by atoms with Gasteiger partial charge in [-0.05, 0) is 12.8 Å². The molecule has 19 heavy (non-hydrogen) atoms. The molecule has 2 aromatic heterocycles. The van der Waals surface area contributed by atoms with Crippen LogP contribution in [0.3, 0.4) is 0 Å². The number of fused-ring (bicyclic) bond motifs is 1. The van der Waals surface area contributed by atoms with Gasteiger partial charge >= 0.3 is 0 Å². The first-order chi connectivity index (χ1) is 9.29.